The van der Waals surface area contributed by atoms with E-state index in [0.717, 1.165) is 8.95 Å². The van der Waals surface area contributed by atoms with E-state index in [1.165, 1.54) is 0 Å². The van der Waals surface area contributed by atoms with Gasteiger partial charge in [0.25, 0.3) is 0 Å². The van der Waals surface area contributed by atoms with Crippen molar-refractivity contribution >= 4 is 43.4 Å². The summed E-state index contributed by atoms with van der Waals surface area (Å²) >= 11 is 6.61. The second-order valence-corrected chi connectivity index (χ2v) is 6.18. The average molecular weight is 412 g/mol. The van der Waals surface area contributed by atoms with E-state index in [9.17, 15) is 9.59 Å². The number of carbonyl (C=O) groups is 2. The number of benzene rings is 2. The van der Waals surface area contributed by atoms with Crippen molar-refractivity contribution in [3.05, 3.63) is 68.6 Å². The SMILES string of the molecule is O=C(COCC(=O)c1ccc(Br)cc1)c1ccc(Br)cc1. The molecule has 0 fully saturated rings. The fourth-order valence-electron chi connectivity index (χ4n) is 1.67. The van der Waals surface area contributed by atoms with Crippen LogP contribution < -0.4 is 0 Å². The predicted octanol–water partition coefficient (Wildman–Crippen LogP) is 4.29. The molecule has 2 aromatic rings. The van der Waals surface area contributed by atoms with E-state index in [0.29, 0.717) is 11.1 Å². The Morgan fingerprint density at radius 1 is 0.714 bits per heavy atom. The molecule has 0 aromatic heterocycles. The highest BCUT2D eigenvalue weighted by molar-refractivity contribution is 9.10. The predicted molar refractivity (Wildman–Crippen MR) is 87.8 cm³/mol. The van der Waals surface area contributed by atoms with Gasteiger partial charge in [-0.05, 0) is 24.3 Å². The molecule has 2 rings (SSSR count). The third-order valence-electron chi connectivity index (χ3n) is 2.80. The quantitative estimate of drug-likeness (QED) is 0.665. The van der Waals surface area contributed by atoms with Crippen molar-refractivity contribution in [2.24, 2.45) is 0 Å². The van der Waals surface area contributed by atoms with Crippen LogP contribution >= 0.6 is 31.9 Å². The van der Waals surface area contributed by atoms with Crippen LogP contribution in [0.5, 0.6) is 0 Å². The van der Waals surface area contributed by atoms with Crippen molar-refractivity contribution in [2.75, 3.05) is 13.2 Å². The van der Waals surface area contributed by atoms with E-state index in [1.807, 2.05) is 0 Å². The number of hydrogen-bond donors (Lipinski definition) is 0. The Kier molecular flexibility index (Phi) is 5.85. The van der Waals surface area contributed by atoms with Crippen molar-refractivity contribution in [3.8, 4) is 0 Å². The van der Waals surface area contributed by atoms with Gasteiger partial charge in [-0.2, -0.15) is 0 Å². The highest BCUT2D eigenvalue weighted by Crippen LogP contribution is 2.12. The maximum atomic E-state index is 11.9. The number of ketones is 2. The topological polar surface area (TPSA) is 43.4 Å². The Balaban J connectivity index is 1.83. The van der Waals surface area contributed by atoms with E-state index >= 15 is 0 Å². The number of Topliss-reactive ketones (excluding diaryl/α,β-unsaturated/α-hetero) is 2. The summed E-state index contributed by atoms with van der Waals surface area (Å²) in [6, 6.07) is 14.0. The molecule has 0 aliphatic heterocycles. The molecule has 0 saturated carbocycles. The molecule has 0 aliphatic rings. The van der Waals surface area contributed by atoms with Gasteiger partial charge in [-0.15, -0.1) is 0 Å². The molecule has 0 amide bonds. The molecule has 2 aromatic carbocycles. The van der Waals surface area contributed by atoms with Crippen LogP contribution in [0.3, 0.4) is 0 Å². The van der Waals surface area contributed by atoms with Crippen LogP contribution in [0.2, 0.25) is 0 Å². The van der Waals surface area contributed by atoms with Crippen LogP contribution in [-0.2, 0) is 4.74 Å². The molecule has 0 unspecified atom stereocenters. The van der Waals surface area contributed by atoms with Crippen molar-refractivity contribution in [2.45, 2.75) is 0 Å². The highest BCUT2D eigenvalue weighted by atomic mass is 79.9. The second-order valence-electron chi connectivity index (χ2n) is 4.35. The number of rotatable bonds is 6. The molecule has 0 aliphatic carbocycles. The van der Waals surface area contributed by atoms with E-state index in [4.69, 9.17) is 4.74 Å². The molecular formula is C16H12Br2O3. The molecule has 0 heterocycles. The molecule has 0 saturated heterocycles. The Hall–Kier alpha value is -1.30. The van der Waals surface area contributed by atoms with Gasteiger partial charge in [0.2, 0.25) is 0 Å². The zero-order chi connectivity index (χ0) is 15.2. The monoisotopic (exact) mass is 410 g/mol. The molecule has 5 heteroatoms. The Morgan fingerprint density at radius 3 is 1.38 bits per heavy atom. The Morgan fingerprint density at radius 2 is 1.05 bits per heavy atom. The standard InChI is InChI=1S/C16H12Br2O3/c17-13-5-1-11(2-6-13)15(19)9-21-10-16(20)12-3-7-14(18)8-4-12/h1-8H,9-10H2. The molecule has 0 bridgehead atoms. The first-order valence-electron chi connectivity index (χ1n) is 6.21. The van der Waals surface area contributed by atoms with E-state index in [2.05, 4.69) is 31.9 Å². The minimum absolute atomic E-state index is 0.107. The molecule has 0 N–H and O–H groups in total. The third-order valence-corrected chi connectivity index (χ3v) is 3.86. The van der Waals surface area contributed by atoms with Gasteiger partial charge in [0.15, 0.2) is 11.6 Å². The summed E-state index contributed by atoms with van der Waals surface area (Å²) in [6.45, 7) is -0.214. The van der Waals surface area contributed by atoms with Crippen LogP contribution in [-0.4, -0.2) is 24.8 Å². The molecule has 0 radical (unpaired) electrons. The van der Waals surface area contributed by atoms with Crippen LogP contribution in [0.15, 0.2) is 57.5 Å². The van der Waals surface area contributed by atoms with E-state index < -0.39 is 0 Å². The lowest BCUT2D eigenvalue weighted by atomic mass is 10.1. The maximum absolute atomic E-state index is 11.9. The molecule has 21 heavy (non-hydrogen) atoms. The first kappa shape index (κ1) is 16.1. The fraction of sp³-hybridized carbons (Fsp3) is 0.125. The molecule has 3 nitrogen and oxygen atoms in total. The lowest BCUT2D eigenvalue weighted by Gasteiger charge is -2.04. The van der Waals surface area contributed by atoms with Crippen LogP contribution in [0.4, 0.5) is 0 Å². The number of halogens is 2. The molecular weight excluding hydrogens is 400 g/mol. The van der Waals surface area contributed by atoms with Crippen LogP contribution in [0.1, 0.15) is 20.7 Å². The normalized spacial score (nSPS) is 10.4. The first-order chi connectivity index (χ1) is 10.1. The molecule has 0 atom stereocenters. The number of ether oxygens (including phenoxy) is 1. The van der Waals surface area contributed by atoms with Crippen molar-refractivity contribution in [1.29, 1.82) is 0 Å². The van der Waals surface area contributed by atoms with Gasteiger partial charge in [-0.25, -0.2) is 0 Å². The van der Waals surface area contributed by atoms with Gasteiger partial charge in [-0.3, -0.25) is 9.59 Å². The largest absolute Gasteiger partial charge is 0.365 e. The van der Waals surface area contributed by atoms with Crippen molar-refractivity contribution in [3.63, 3.8) is 0 Å². The summed E-state index contributed by atoms with van der Waals surface area (Å²) in [4.78, 5) is 23.7. The zero-order valence-corrected chi connectivity index (χ0v) is 14.2. The van der Waals surface area contributed by atoms with E-state index in [-0.39, 0.29) is 24.8 Å². The summed E-state index contributed by atoms with van der Waals surface area (Å²) in [5, 5.41) is 0. The smallest absolute Gasteiger partial charge is 0.188 e. The van der Waals surface area contributed by atoms with Crippen molar-refractivity contribution in [1.82, 2.24) is 0 Å². The number of carbonyl (C=O) groups excluding carboxylic acids is 2. The van der Waals surface area contributed by atoms with Gasteiger partial charge in [-0.1, -0.05) is 56.1 Å². The minimum atomic E-state index is -0.147. The van der Waals surface area contributed by atoms with Gasteiger partial charge in [0.1, 0.15) is 13.2 Å². The summed E-state index contributed by atoms with van der Waals surface area (Å²) in [5.41, 5.74) is 1.13. The summed E-state index contributed by atoms with van der Waals surface area (Å²) in [5.74, 6) is -0.294. The maximum Gasteiger partial charge on any atom is 0.188 e. The summed E-state index contributed by atoms with van der Waals surface area (Å²) in [7, 11) is 0. The Labute approximate surface area is 139 Å². The minimum Gasteiger partial charge on any atom is -0.365 e. The Bertz CT molecular complexity index is 576. The first-order valence-corrected chi connectivity index (χ1v) is 7.80. The van der Waals surface area contributed by atoms with E-state index in [1.54, 1.807) is 48.5 Å². The fourth-order valence-corrected chi connectivity index (χ4v) is 2.20. The van der Waals surface area contributed by atoms with Gasteiger partial charge in [0.05, 0.1) is 0 Å². The lowest BCUT2D eigenvalue weighted by molar-refractivity contribution is 0.0672. The van der Waals surface area contributed by atoms with Gasteiger partial charge >= 0.3 is 0 Å². The lowest BCUT2D eigenvalue weighted by Crippen LogP contribution is -2.15. The summed E-state index contributed by atoms with van der Waals surface area (Å²) in [6.07, 6.45) is 0. The second kappa shape index (κ2) is 7.64. The van der Waals surface area contributed by atoms with Crippen LogP contribution in [0.25, 0.3) is 0 Å². The average Bonchev–Trinajstić information content (AvgIpc) is 2.48. The van der Waals surface area contributed by atoms with Crippen LogP contribution in [0, 0.1) is 0 Å². The third kappa shape index (κ3) is 4.88. The number of hydrogen-bond acceptors (Lipinski definition) is 3. The van der Waals surface area contributed by atoms with Crippen molar-refractivity contribution < 1.29 is 14.3 Å². The zero-order valence-electron chi connectivity index (χ0n) is 11.0. The summed E-state index contributed by atoms with van der Waals surface area (Å²) < 4.78 is 7.02. The van der Waals surface area contributed by atoms with Gasteiger partial charge in [0, 0.05) is 20.1 Å². The molecule has 0 spiro atoms. The molecule has 108 valence electrons. The highest BCUT2D eigenvalue weighted by Gasteiger charge is 2.09. The van der Waals surface area contributed by atoms with Gasteiger partial charge < -0.3 is 4.74 Å².